The highest BCUT2D eigenvalue weighted by Gasteiger charge is 2.43. The van der Waals surface area contributed by atoms with Gasteiger partial charge in [-0.3, -0.25) is 0 Å². The van der Waals surface area contributed by atoms with Crippen LogP contribution in [0.5, 0.6) is 0 Å². The molecule has 1 N–H and O–H groups in total. The third-order valence-corrected chi connectivity index (χ3v) is 5.34. The van der Waals surface area contributed by atoms with Crippen molar-refractivity contribution in [3.63, 3.8) is 0 Å². The van der Waals surface area contributed by atoms with Gasteiger partial charge in [0.15, 0.2) is 0 Å². The van der Waals surface area contributed by atoms with Gasteiger partial charge in [-0.25, -0.2) is 4.98 Å². The number of nitrogens with zero attached hydrogens (tertiary/aromatic N) is 3. The number of fused-ring (bicyclic) bond motifs is 5. The molecule has 2 bridgehead atoms. The molecular weight excluding hydrogens is 272 g/mol. The molecule has 2 aliphatic carbocycles. The topological polar surface area (TPSA) is 41.1 Å². The highest BCUT2D eigenvalue weighted by Crippen LogP contribution is 2.51. The quantitative estimate of drug-likeness (QED) is 0.941. The molecular formula is C18H20N4. The molecule has 0 amide bonds. The molecule has 1 saturated carbocycles. The van der Waals surface area contributed by atoms with Crippen LogP contribution in [0.15, 0.2) is 30.3 Å². The fraction of sp³-hybridized carbons (Fsp3) is 0.444. The Balaban J connectivity index is 1.55. The lowest BCUT2D eigenvalue weighted by Gasteiger charge is -2.30. The minimum absolute atomic E-state index is 0.493. The highest BCUT2D eigenvalue weighted by molar-refractivity contribution is 5.55. The molecule has 0 spiro atoms. The summed E-state index contributed by atoms with van der Waals surface area (Å²) in [4.78, 5) is 11.9. The van der Waals surface area contributed by atoms with Crippen LogP contribution in [0.1, 0.15) is 54.0 Å². The lowest BCUT2D eigenvalue weighted by molar-refractivity contribution is 0.727. The van der Waals surface area contributed by atoms with Crippen LogP contribution in [0.25, 0.3) is 0 Å². The first-order chi connectivity index (χ1) is 10.8. The van der Waals surface area contributed by atoms with Crippen molar-refractivity contribution in [2.24, 2.45) is 0 Å². The van der Waals surface area contributed by atoms with Gasteiger partial charge in [-0.1, -0.05) is 24.3 Å². The second kappa shape index (κ2) is 4.45. The Bertz CT molecular complexity index is 738. The number of rotatable bonds is 3. The number of hydrogen-bond donors (Lipinski definition) is 1. The van der Waals surface area contributed by atoms with Gasteiger partial charge in [0.05, 0.1) is 11.7 Å². The van der Waals surface area contributed by atoms with Crippen molar-refractivity contribution in [3.8, 4) is 0 Å². The second-order valence-electron chi connectivity index (χ2n) is 6.73. The SMILES string of the molecule is CNc1nc(C2CC2)cc(N2C[C@H]3C[C@H]2c2ccccc23)n1. The van der Waals surface area contributed by atoms with Gasteiger partial charge in [-0.15, -0.1) is 0 Å². The van der Waals surface area contributed by atoms with E-state index in [4.69, 9.17) is 4.98 Å². The Morgan fingerprint density at radius 1 is 1.09 bits per heavy atom. The molecule has 2 heterocycles. The van der Waals surface area contributed by atoms with E-state index >= 15 is 0 Å². The molecule has 1 aromatic heterocycles. The van der Waals surface area contributed by atoms with E-state index in [2.05, 4.69) is 45.5 Å². The zero-order valence-electron chi connectivity index (χ0n) is 12.8. The van der Waals surface area contributed by atoms with Crippen LogP contribution >= 0.6 is 0 Å². The van der Waals surface area contributed by atoms with E-state index in [0.717, 1.165) is 18.3 Å². The third kappa shape index (κ3) is 1.76. The maximum atomic E-state index is 4.74. The van der Waals surface area contributed by atoms with Crippen LogP contribution < -0.4 is 10.2 Å². The molecule has 2 fully saturated rings. The number of benzene rings is 1. The molecule has 2 atom stereocenters. The van der Waals surface area contributed by atoms with Crippen LogP contribution in [-0.4, -0.2) is 23.6 Å². The smallest absolute Gasteiger partial charge is 0.224 e. The predicted octanol–water partition coefficient (Wildman–Crippen LogP) is 3.44. The van der Waals surface area contributed by atoms with Crippen molar-refractivity contribution in [3.05, 3.63) is 47.2 Å². The van der Waals surface area contributed by atoms with Crippen molar-refractivity contribution in [2.45, 2.75) is 37.1 Å². The summed E-state index contributed by atoms with van der Waals surface area (Å²) in [6.45, 7) is 1.09. The molecule has 3 aliphatic rings. The fourth-order valence-corrected chi connectivity index (χ4v) is 4.10. The Morgan fingerprint density at radius 2 is 1.91 bits per heavy atom. The van der Waals surface area contributed by atoms with Crippen LogP contribution in [-0.2, 0) is 0 Å². The van der Waals surface area contributed by atoms with Crippen LogP contribution in [0, 0.1) is 0 Å². The van der Waals surface area contributed by atoms with E-state index in [1.165, 1.54) is 30.5 Å². The van der Waals surface area contributed by atoms with Crippen molar-refractivity contribution in [1.82, 2.24) is 9.97 Å². The van der Waals surface area contributed by atoms with Crippen LogP contribution in [0.2, 0.25) is 0 Å². The number of nitrogens with one attached hydrogen (secondary N) is 1. The first kappa shape index (κ1) is 12.4. The molecule has 22 heavy (non-hydrogen) atoms. The van der Waals surface area contributed by atoms with Crippen molar-refractivity contribution in [2.75, 3.05) is 23.8 Å². The number of anilines is 2. The molecule has 4 nitrogen and oxygen atoms in total. The Morgan fingerprint density at radius 3 is 2.68 bits per heavy atom. The molecule has 0 radical (unpaired) electrons. The average Bonchev–Trinajstić information content (AvgIpc) is 3.25. The van der Waals surface area contributed by atoms with Gasteiger partial charge in [0.1, 0.15) is 5.82 Å². The minimum Gasteiger partial charge on any atom is -0.357 e. The first-order valence-corrected chi connectivity index (χ1v) is 8.25. The van der Waals surface area contributed by atoms with E-state index in [1.807, 2.05) is 7.05 Å². The monoisotopic (exact) mass is 292 g/mol. The van der Waals surface area contributed by atoms with E-state index in [1.54, 1.807) is 5.56 Å². The number of aromatic nitrogens is 2. The number of hydrogen-bond acceptors (Lipinski definition) is 4. The normalized spacial score (nSPS) is 25.4. The molecule has 112 valence electrons. The van der Waals surface area contributed by atoms with Crippen molar-refractivity contribution in [1.29, 1.82) is 0 Å². The zero-order valence-corrected chi connectivity index (χ0v) is 12.8. The van der Waals surface area contributed by atoms with Crippen molar-refractivity contribution >= 4 is 11.8 Å². The Kier molecular flexibility index (Phi) is 2.52. The Hall–Kier alpha value is -2.10. The van der Waals surface area contributed by atoms with E-state index in [-0.39, 0.29) is 0 Å². The van der Waals surface area contributed by atoms with Crippen LogP contribution in [0.3, 0.4) is 0 Å². The summed E-state index contributed by atoms with van der Waals surface area (Å²) in [5.41, 5.74) is 4.26. The molecule has 1 aromatic carbocycles. The Labute approximate surface area is 130 Å². The predicted molar refractivity (Wildman–Crippen MR) is 87.4 cm³/mol. The maximum absolute atomic E-state index is 4.74. The summed E-state index contributed by atoms with van der Waals surface area (Å²) in [7, 11) is 1.90. The van der Waals surface area contributed by atoms with E-state index < -0.39 is 0 Å². The highest BCUT2D eigenvalue weighted by atomic mass is 15.3. The zero-order chi connectivity index (χ0) is 14.7. The summed E-state index contributed by atoms with van der Waals surface area (Å²) >= 11 is 0. The second-order valence-corrected chi connectivity index (χ2v) is 6.73. The van der Waals surface area contributed by atoms with Gasteiger partial charge in [0.2, 0.25) is 5.95 Å². The summed E-state index contributed by atoms with van der Waals surface area (Å²) < 4.78 is 0. The average molecular weight is 292 g/mol. The molecule has 1 saturated heterocycles. The molecule has 5 rings (SSSR count). The largest absolute Gasteiger partial charge is 0.357 e. The maximum Gasteiger partial charge on any atom is 0.224 e. The summed E-state index contributed by atoms with van der Waals surface area (Å²) in [6.07, 6.45) is 3.78. The minimum atomic E-state index is 0.493. The van der Waals surface area contributed by atoms with Gasteiger partial charge < -0.3 is 10.2 Å². The molecule has 1 aliphatic heterocycles. The molecule has 2 aromatic rings. The van der Waals surface area contributed by atoms with Crippen LogP contribution in [0.4, 0.5) is 11.8 Å². The third-order valence-electron chi connectivity index (χ3n) is 5.34. The van der Waals surface area contributed by atoms with Gasteiger partial charge in [-0.2, -0.15) is 4.98 Å². The molecule has 0 unspecified atom stereocenters. The lowest BCUT2D eigenvalue weighted by atomic mass is 9.99. The van der Waals surface area contributed by atoms with Gasteiger partial charge in [0.25, 0.3) is 0 Å². The fourth-order valence-electron chi connectivity index (χ4n) is 4.10. The lowest BCUT2D eigenvalue weighted by Crippen LogP contribution is -2.28. The van der Waals surface area contributed by atoms with Gasteiger partial charge in [-0.05, 0) is 30.4 Å². The van der Waals surface area contributed by atoms with Gasteiger partial charge in [0, 0.05) is 31.5 Å². The van der Waals surface area contributed by atoms with Gasteiger partial charge >= 0.3 is 0 Å². The first-order valence-electron chi connectivity index (χ1n) is 8.25. The summed E-state index contributed by atoms with van der Waals surface area (Å²) in [5.74, 6) is 3.18. The molecule has 4 heteroatoms. The van der Waals surface area contributed by atoms with E-state index in [9.17, 15) is 0 Å². The van der Waals surface area contributed by atoms with E-state index in [0.29, 0.717) is 17.9 Å². The van der Waals surface area contributed by atoms with Crippen molar-refractivity contribution < 1.29 is 0 Å². The standard InChI is InChI=1S/C18H20N4/c1-19-18-20-15(11-6-7-11)9-17(21-18)22-10-12-8-16(22)14-5-3-2-4-13(12)14/h2-5,9,11-12,16H,6-8,10H2,1H3,(H,19,20,21)/t12-,16+/m1/s1. The summed E-state index contributed by atoms with van der Waals surface area (Å²) in [6, 6.07) is 11.6. The summed E-state index contributed by atoms with van der Waals surface area (Å²) in [5, 5.41) is 3.13.